The molecule has 0 amide bonds. The Morgan fingerprint density at radius 1 is 0.483 bits per heavy atom. The molecule has 0 aliphatic rings. The van der Waals surface area contributed by atoms with Crippen LogP contribution in [0.5, 0.6) is 0 Å². The maximum absolute atomic E-state index is 7.57. The van der Waals surface area contributed by atoms with Crippen molar-refractivity contribution >= 4 is 33.3 Å². The number of benzene rings is 4. The molecule has 0 aliphatic heterocycles. The Morgan fingerprint density at radius 2 is 0.897 bits per heavy atom. The van der Waals surface area contributed by atoms with E-state index in [0.717, 1.165) is 44.2 Å². The first-order valence-corrected chi connectivity index (χ1v) is 9.20. The van der Waals surface area contributed by atoms with E-state index in [1.807, 2.05) is 84.9 Å². The second-order valence-electron chi connectivity index (χ2n) is 6.72. The van der Waals surface area contributed by atoms with E-state index < -0.39 is 0 Å². The van der Waals surface area contributed by atoms with Gasteiger partial charge in [-0.25, -0.2) is 9.69 Å². The van der Waals surface area contributed by atoms with Crippen LogP contribution in [-0.2, 0) is 0 Å². The van der Waals surface area contributed by atoms with Gasteiger partial charge in [0, 0.05) is 10.8 Å². The molecule has 0 saturated heterocycles. The SMILES string of the molecule is [C-]#[N+]c1ccccc1-c1cccc2oc3cccc(-c4ccccc4[N+]#[C-])c3c12. The summed E-state index contributed by atoms with van der Waals surface area (Å²) in [4.78, 5) is 7.41. The summed E-state index contributed by atoms with van der Waals surface area (Å²) in [6.45, 7) is 15.1. The molecule has 1 heterocycles. The highest BCUT2D eigenvalue weighted by Crippen LogP contribution is 2.44. The number of hydrogen-bond donors (Lipinski definition) is 0. The number of furan rings is 1. The van der Waals surface area contributed by atoms with E-state index in [9.17, 15) is 0 Å². The minimum atomic E-state index is 0.605. The van der Waals surface area contributed by atoms with Crippen LogP contribution >= 0.6 is 0 Å². The van der Waals surface area contributed by atoms with Crippen LogP contribution in [0.3, 0.4) is 0 Å². The standard InChI is InChI=1S/C26H14N2O/c1-27-21-13-5-3-9-17(21)19-11-7-15-23-25(19)26-20(12-8-16-24(26)29-23)18-10-4-6-14-22(18)28-2/h3-16H. The first-order valence-electron chi connectivity index (χ1n) is 9.20. The summed E-state index contributed by atoms with van der Waals surface area (Å²) in [7, 11) is 0. The van der Waals surface area contributed by atoms with Crippen molar-refractivity contribution < 1.29 is 4.42 Å². The van der Waals surface area contributed by atoms with Crippen LogP contribution in [0.15, 0.2) is 89.3 Å². The maximum Gasteiger partial charge on any atom is 0.194 e. The second kappa shape index (κ2) is 6.68. The van der Waals surface area contributed by atoms with E-state index in [2.05, 4.69) is 9.69 Å². The Morgan fingerprint density at radius 3 is 1.34 bits per heavy atom. The molecule has 3 nitrogen and oxygen atoms in total. The molecule has 0 unspecified atom stereocenters. The van der Waals surface area contributed by atoms with Crippen molar-refractivity contribution in [2.75, 3.05) is 0 Å². The molecule has 0 atom stereocenters. The molecule has 5 rings (SSSR count). The molecule has 0 N–H and O–H groups in total. The lowest BCUT2D eigenvalue weighted by Crippen LogP contribution is -1.83. The number of nitrogens with zero attached hydrogens (tertiary/aromatic N) is 2. The van der Waals surface area contributed by atoms with Crippen molar-refractivity contribution in [3.8, 4) is 22.3 Å². The first-order chi connectivity index (χ1) is 14.3. The van der Waals surface area contributed by atoms with Gasteiger partial charge >= 0.3 is 0 Å². The van der Waals surface area contributed by atoms with Gasteiger partial charge in [-0.05, 0) is 34.4 Å². The predicted octanol–water partition coefficient (Wildman–Crippen LogP) is 8.02. The quantitative estimate of drug-likeness (QED) is 0.288. The third-order valence-electron chi connectivity index (χ3n) is 5.15. The molecular formula is C26H14N2O. The fourth-order valence-corrected chi connectivity index (χ4v) is 3.91. The minimum absolute atomic E-state index is 0.605. The van der Waals surface area contributed by atoms with Crippen LogP contribution in [0.1, 0.15) is 0 Å². The van der Waals surface area contributed by atoms with Gasteiger partial charge in [-0.2, -0.15) is 0 Å². The molecule has 5 aromatic rings. The molecular weight excluding hydrogens is 356 g/mol. The van der Waals surface area contributed by atoms with E-state index >= 15 is 0 Å². The Balaban J connectivity index is 1.95. The number of fused-ring (bicyclic) bond motifs is 3. The van der Waals surface area contributed by atoms with Gasteiger partial charge in [-0.3, -0.25) is 0 Å². The van der Waals surface area contributed by atoms with Gasteiger partial charge in [0.15, 0.2) is 11.4 Å². The van der Waals surface area contributed by atoms with Crippen LogP contribution in [0.2, 0.25) is 0 Å². The lowest BCUT2D eigenvalue weighted by atomic mass is 9.93. The summed E-state index contributed by atoms with van der Waals surface area (Å²) < 4.78 is 6.17. The molecule has 134 valence electrons. The van der Waals surface area contributed by atoms with Gasteiger partial charge in [0.1, 0.15) is 11.2 Å². The zero-order chi connectivity index (χ0) is 19.8. The maximum atomic E-state index is 7.57. The summed E-state index contributed by atoms with van der Waals surface area (Å²) in [6, 6.07) is 27.1. The highest BCUT2D eigenvalue weighted by atomic mass is 16.3. The highest BCUT2D eigenvalue weighted by molar-refractivity contribution is 6.19. The molecule has 1 aromatic heterocycles. The number of para-hydroxylation sites is 2. The molecule has 3 heteroatoms. The third-order valence-corrected chi connectivity index (χ3v) is 5.15. The van der Waals surface area contributed by atoms with E-state index in [1.165, 1.54) is 0 Å². The largest absolute Gasteiger partial charge is 0.456 e. The van der Waals surface area contributed by atoms with Crippen LogP contribution in [0.25, 0.3) is 53.9 Å². The summed E-state index contributed by atoms with van der Waals surface area (Å²) in [5, 5.41) is 1.93. The molecule has 0 bridgehead atoms. The van der Waals surface area contributed by atoms with Crippen LogP contribution in [-0.4, -0.2) is 0 Å². The molecule has 0 fully saturated rings. The Bertz CT molecular complexity index is 1370. The summed E-state index contributed by atoms with van der Waals surface area (Å²) in [5.74, 6) is 0. The summed E-state index contributed by atoms with van der Waals surface area (Å²) >= 11 is 0. The van der Waals surface area contributed by atoms with Gasteiger partial charge in [-0.15, -0.1) is 0 Å². The van der Waals surface area contributed by atoms with Crippen molar-refractivity contribution in [1.29, 1.82) is 0 Å². The zero-order valence-electron chi connectivity index (χ0n) is 15.4. The Hall–Kier alpha value is -4.34. The van der Waals surface area contributed by atoms with E-state index in [1.54, 1.807) is 0 Å². The molecule has 0 aliphatic carbocycles. The second-order valence-corrected chi connectivity index (χ2v) is 6.72. The van der Waals surface area contributed by atoms with E-state index in [4.69, 9.17) is 17.6 Å². The van der Waals surface area contributed by atoms with Crippen molar-refractivity contribution in [2.24, 2.45) is 0 Å². The van der Waals surface area contributed by atoms with Crippen LogP contribution in [0.4, 0.5) is 11.4 Å². The summed E-state index contributed by atoms with van der Waals surface area (Å²) in [6.07, 6.45) is 0. The molecule has 29 heavy (non-hydrogen) atoms. The van der Waals surface area contributed by atoms with Crippen molar-refractivity contribution in [1.82, 2.24) is 0 Å². The molecule has 0 saturated carbocycles. The number of hydrogen-bond acceptors (Lipinski definition) is 1. The van der Waals surface area contributed by atoms with Gasteiger partial charge in [0.05, 0.1) is 13.1 Å². The lowest BCUT2D eigenvalue weighted by Gasteiger charge is -2.09. The molecule has 4 aromatic carbocycles. The topological polar surface area (TPSA) is 21.9 Å². The Kier molecular flexibility index (Phi) is 3.87. The minimum Gasteiger partial charge on any atom is -0.456 e. The van der Waals surface area contributed by atoms with E-state index in [0.29, 0.717) is 11.4 Å². The molecule has 0 spiro atoms. The normalized spacial score (nSPS) is 10.7. The molecule has 0 radical (unpaired) electrons. The monoisotopic (exact) mass is 370 g/mol. The zero-order valence-corrected chi connectivity index (χ0v) is 15.4. The van der Waals surface area contributed by atoms with Crippen LogP contribution < -0.4 is 0 Å². The van der Waals surface area contributed by atoms with Gasteiger partial charge in [0.2, 0.25) is 0 Å². The van der Waals surface area contributed by atoms with Crippen molar-refractivity contribution in [3.63, 3.8) is 0 Å². The predicted molar refractivity (Wildman–Crippen MR) is 117 cm³/mol. The third kappa shape index (κ3) is 2.57. The lowest BCUT2D eigenvalue weighted by molar-refractivity contribution is 0.669. The van der Waals surface area contributed by atoms with Gasteiger partial charge in [-0.1, -0.05) is 72.8 Å². The number of rotatable bonds is 2. The fourth-order valence-electron chi connectivity index (χ4n) is 3.91. The van der Waals surface area contributed by atoms with Crippen LogP contribution in [0, 0.1) is 13.1 Å². The summed E-state index contributed by atoms with van der Waals surface area (Å²) in [5.41, 5.74) is 6.42. The van der Waals surface area contributed by atoms with Gasteiger partial charge in [0.25, 0.3) is 0 Å². The average molecular weight is 370 g/mol. The smallest absolute Gasteiger partial charge is 0.194 e. The van der Waals surface area contributed by atoms with Crippen molar-refractivity contribution in [2.45, 2.75) is 0 Å². The highest BCUT2D eigenvalue weighted by Gasteiger charge is 2.18. The van der Waals surface area contributed by atoms with Crippen molar-refractivity contribution in [3.05, 3.63) is 108 Å². The fraction of sp³-hybridized carbons (Fsp3) is 0. The average Bonchev–Trinajstić information content (AvgIpc) is 3.18. The van der Waals surface area contributed by atoms with Gasteiger partial charge < -0.3 is 4.42 Å². The van der Waals surface area contributed by atoms with E-state index in [-0.39, 0.29) is 0 Å². The first kappa shape index (κ1) is 16.8. The Labute approximate surface area is 168 Å².